The Labute approximate surface area is 128 Å². The predicted octanol–water partition coefficient (Wildman–Crippen LogP) is 0.669. The first-order chi connectivity index (χ1) is 9.88. The van der Waals surface area contributed by atoms with Crippen LogP contribution in [0.15, 0.2) is 22.7 Å². The van der Waals surface area contributed by atoms with Crippen molar-refractivity contribution in [2.45, 2.75) is 13.5 Å². The number of aromatic nitrogens is 3. The van der Waals surface area contributed by atoms with Gasteiger partial charge in [0, 0.05) is 10.2 Å². The van der Waals surface area contributed by atoms with Gasteiger partial charge in [-0.2, -0.15) is 0 Å². The molecule has 1 heterocycles. The summed E-state index contributed by atoms with van der Waals surface area (Å²) in [6.07, 6.45) is 0. The fourth-order valence-electron chi connectivity index (χ4n) is 1.71. The molecule has 0 saturated carbocycles. The number of aryl methyl sites for hydroxylation is 1. The molecule has 21 heavy (non-hydrogen) atoms. The van der Waals surface area contributed by atoms with Gasteiger partial charge in [0.25, 0.3) is 5.91 Å². The Morgan fingerprint density at radius 3 is 2.71 bits per heavy atom. The van der Waals surface area contributed by atoms with Gasteiger partial charge < -0.3 is 16.8 Å². The summed E-state index contributed by atoms with van der Waals surface area (Å²) in [5.74, 6) is -1.17. The summed E-state index contributed by atoms with van der Waals surface area (Å²) in [4.78, 5) is 23.0. The highest BCUT2D eigenvalue weighted by Crippen LogP contribution is 2.20. The van der Waals surface area contributed by atoms with E-state index in [4.69, 9.17) is 11.5 Å². The van der Waals surface area contributed by atoms with Gasteiger partial charge in [0.05, 0.1) is 0 Å². The second kappa shape index (κ2) is 5.92. The summed E-state index contributed by atoms with van der Waals surface area (Å²) in [5.41, 5.74) is 12.2. The lowest BCUT2D eigenvalue weighted by atomic mass is 10.2. The average molecular weight is 353 g/mol. The van der Waals surface area contributed by atoms with Gasteiger partial charge >= 0.3 is 0 Å². The quantitative estimate of drug-likeness (QED) is 0.744. The Bertz CT molecular complexity index is 712. The van der Waals surface area contributed by atoms with Gasteiger partial charge in [-0.15, -0.1) is 5.10 Å². The van der Waals surface area contributed by atoms with Crippen LogP contribution in [0.5, 0.6) is 0 Å². The second-order valence-corrected chi connectivity index (χ2v) is 5.27. The zero-order chi connectivity index (χ0) is 15.6. The summed E-state index contributed by atoms with van der Waals surface area (Å²) in [6.45, 7) is 1.71. The molecule has 0 atom stereocenters. The third-order valence-corrected chi connectivity index (χ3v) is 3.26. The number of anilines is 2. The van der Waals surface area contributed by atoms with E-state index in [9.17, 15) is 9.59 Å². The van der Waals surface area contributed by atoms with Crippen LogP contribution in [0.3, 0.4) is 0 Å². The number of hydrogen-bond acceptors (Lipinski definition) is 5. The summed E-state index contributed by atoms with van der Waals surface area (Å²) in [5, 5.41) is 9.89. The molecule has 1 aromatic heterocycles. The van der Waals surface area contributed by atoms with Gasteiger partial charge in [-0.1, -0.05) is 21.1 Å². The molecule has 0 bridgehead atoms. The molecule has 0 fully saturated rings. The van der Waals surface area contributed by atoms with Gasteiger partial charge in [0.2, 0.25) is 5.91 Å². The van der Waals surface area contributed by atoms with E-state index in [1.165, 1.54) is 0 Å². The molecule has 2 aromatic rings. The van der Waals surface area contributed by atoms with Gasteiger partial charge in [0.1, 0.15) is 6.54 Å². The highest BCUT2D eigenvalue weighted by Gasteiger charge is 2.16. The molecular weight excluding hydrogens is 340 g/mol. The number of nitrogens with zero attached hydrogens (tertiary/aromatic N) is 3. The van der Waals surface area contributed by atoms with Gasteiger partial charge in [-0.3, -0.25) is 9.59 Å². The Kier molecular flexibility index (Phi) is 4.22. The Morgan fingerprint density at radius 1 is 1.43 bits per heavy atom. The van der Waals surface area contributed by atoms with Crippen molar-refractivity contribution in [2.75, 3.05) is 11.1 Å². The lowest BCUT2D eigenvalue weighted by Gasteiger charge is -2.09. The minimum absolute atomic E-state index is 0.0369. The van der Waals surface area contributed by atoms with Crippen molar-refractivity contribution in [3.8, 4) is 0 Å². The number of primary amides is 1. The molecule has 9 heteroatoms. The number of halogens is 1. The number of benzene rings is 1. The van der Waals surface area contributed by atoms with Crippen LogP contribution in [0.4, 0.5) is 11.5 Å². The van der Waals surface area contributed by atoms with Crippen LogP contribution >= 0.6 is 15.9 Å². The van der Waals surface area contributed by atoms with E-state index >= 15 is 0 Å². The largest absolute Gasteiger partial charge is 0.382 e. The highest BCUT2D eigenvalue weighted by atomic mass is 79.9. The van der Waals surface area contributed by atoms with Crippen LogP contribution < -0.4 is 16.8 Å². The lowest BCUT2D eigenvalue weighted by Crippen LogP contribution is -2.21. The van der Waals surface area contributed by atoms with Crippen LogP contribution in [0.1, 0.15) is 16.1 Å². The number of carbonyl (C=O) groups is 2. The number of rotatable bonds is 4. The van der Waals surface area contributed by atoms with Crippen molar-refractivity contribution in [3.63, 3.8) is 0 Å². The third-order valence-electron chi connectivity index (χ3n) is 2.76. The molecule has 0 saturated heterocycles. The SMILES string of the molecule is Cc1cc(Br)ccc1NC(=O)Cn1nnc(C(N)=O)c1N. The summed E-state index contributed by atoms with van der Waals surface area (Å²) >= 11 is 3.35. The molecular formula is C12H13BrN6O2. The molecule has 0 aliphatic rings. The van der Waals surface area contributed by atoms with Gasteiger partial charge in [-0.25, -0.2) is 4.68 Å². The molecule has 0 unspecified atom stereocenters. The molecule has 2 amide bonds. The maximum atomic E-state index is 12.0. The number of amides is 2. The fourth-order valence-corrected chi connectivity index (χ4v) is 2.18. The molecule has 0 radical (unpaired) electrons. The molecule has 0 spiro atoms. The van der Waals surface area contributed by atoms with Crippen LogP contribution in [-0.4, -0.2) is 26.8 Å². The number of carbonyl (C=O) groups excluding carboxylic acids is 2. The number of nitrogens with two attached hydrogens (primary N) is 2. The minimum Gasteiger partial charge on any atom is -0.382 e. The molecule has 1 aromatic carbocycles. The first kappa shape index (κ1) is 15.0. The van der Waals surface area contributed by atoms with Crippen molar-refractivity contribution < 1.29 is 9.59 Å². The normalized spacial score (nSPS) is 10.4. The summed E-state index contributed by atoms with van der Waals surface area (Å²) < 4.78 is 2.04. The molecule has 2 rings (SSSR count). The smallest absolute Gasteiger partial charge is 0.273 e. The van der Waals surface area contributed by atoms with E-state index in [1.54, 1.807) is 6.07 Å². The van der Waals surface area contributed by atoms with Crippen molar-refractivity contribution in [2.24, 2.45) is 5.73 Å². The topological polar surface area (TPSA) is 129 Å². The van der Waals surface area contributed by atoms with Gasteiger partial charge in [-0.05, 0) is 30.7 Å². The third kappa shape index (κ3) is 3.37. The Balaban J connectivity index is 2.10. The van der Waals surface area contributed by atoms with E-state index in [0.717, 1.165) is 14.7 Å². The Hall–Kier alpha value is -2.42. The van der Waals surface area contributed by atoms with E-state index in [2.05, 4.69) is 31.6 Å². The number of nitrogen functional groups attached to an aromatic ring is 1. The van der Waals surface area contributed by atoms with Crippen LogP contribution in [0.2, 0.25) is 0 Å². The monoisotopic (exact) mass is 352 g/mol. The predicted molar refractivity (Wildman–Crippen MR) is 80.5 cm³/mol. The molecule has 0 aliphatic heterocycles. The van der Waals surface area contributed by atoms with E-state index in [-0.39, 0.29) is 24.0 Å². The van der Waals surface area contributed by atoms with Crippen molar-refractivity contribution in [1.82, 2.24) is 15.0 Å². The standard InChI is InChI=1S/C12H13BrN6O2/c1-6-4-7(13)2-3-8(6)16-9(20)5-19-11(14)10(12(15)21)17-18-19/h2-4H,5,14H2,1H3,(H2,15,21)(H,16,20). The first-order valence-electron chi connectivity index (χ1n) is 5.93. The fraction of sp³-hybridized carbons (Fsp3) is 0.167. The number of nitrogens with one attached hydrogen (secondary N) is 1. The van der Waals surface area contributed by atoms with E-state index in [0.29, 0.717) is 5.69 Å². The molecule has 5 N–H and O–H groups in total. The first-order valence-corrected chi connectivity index (χ1v) is 6.72. The van der Waals surface area contributed by atoms with E-state index < -0.39 is 5.91 Å². The Morgan fingerprint density at radius 2 is 2.14 bits per heavy atom. The van der Waals surface area contributed by atoms with Crippen LogP contribution in [0, 0.1) is 6.92 Å². The zero-order valence-electron chi connectivity index (χ0n) is 11.1. The van der Waals surface area contributed by atoms with Gasteiger partial charge in [0.15, 0.2) is 11.5 Å². The maximum Gasteiger partial charge on any atom is 0.273 e. The number of hydrogen-bond donors (Lipinski definition) is 3. The molecule has 110 valence electrons. The zero-order valence-corrected chi connectivity index (χ0v) is 12.7. The summed E-state index contributed by atoms with van der Waals surface area (Å²) in [6, 6.07) is 5.47. The van der Waals surface area contributed by atoms with Crippen molar-refractivity contribution in [1.29, 1.82) is 0 Å². The molecule has 0 aliphatic carbocycles. The lowest BCUT2D eigenvalue weighted by molar-refractivity contribution is -0.116. The van der Waals surface area contributed by atoms with Crippen molar-refractivity contribution in [3.05, 3.63) is 33.9 Å². The minimum atomic E-state index is -0.789. The highest BCUT2D eigenvalue weighted by molar-refractivity contribution is 9.10. The van der Waals surface area contributed by atoms with Crippen LogP contribution in [0.25, 0.3) is 0 Å². The maximum absolute atomic E-state index is 12.0. The second-order valence-electron chi connectivity index (χ2n) is 4.35. The van der Waals surface area contributed by atoms with E-state index in [1.807, 2.05) is 19.1 Å². The average Bonchev–Trinajstić information content (AvgIpc) is 2.74. The van der Waals surface area contributed by atoms with Crippen molar-refractivity contribution >= 4 is 39.2 Å². The van der Waals surface area contributed by atoms with Crippen LogP contribution in [-0.2, 0) is 11.3 Å². The molecule has 8 nitrogen and oxygen atoms in total. The summed E-state index contributed by atoms with van der Waals surface area (Å²) in [7, 11) is 0.